The average molecular weight is 505 g/mol. The second-order valence-electron chi connectivity index (χ2n) is 8.12. The molecule has 0 radical (unpaired) electrons. The molecule has 1 amide bonds. The second-order valence-corrected chi connectivity index (χ2v) is 10.4. The molecule has 0 aliphatic rings. The lowest BCUT2D eigenvalue weighted by Crippen LogP contribution is -2.42. The van der Waals surface area contributed by atoms with Gasteiger partial charge in [-0.1, -0.05) is 90.0 Å². The highest BCUT2D eigenvalue weighted by atomic mass is 35.5. The number of hydrogen-bond donors (Lipinski definition) is 1. The maximum absolute atomic E-state index is 13.5. The Hall–Kier alpha value is -3.61. The number of amides is 1. The Morgan fingerprint density at radius 2 is 1.34 bits per heavy atom. The van der Waals surface area contributed by atoms with Crippen LogP contribution in [0.1, 0.15) is 22.7 Å². The molecule has 0 bridgehead atoms. The van der Waals surface area contributed by atoms with E-state index < -0.39 is 22.0 Å². The third-order valence-electron chi connectivity index (χ3n) is 5.58. The van der Waals surface area contributed by atoms with Gasteiger partial charge in [0.05, 0.1) is 16.6 Å². The third-order valence-corrected chi connectivity index (χ3v) is 7.62. The van der Waals surface area contributed by atoms with Gasteiger partial charge in [-0.3, -0.25) is 9.10 Å². The number of carbonyl (C=O) groups is 1. The molecule has 4 aromatic carbocycles. The van der Waals surface area contributed by atoms with Crippen LogP contribution in [0.4, 0.5) is 5.69 Å². The van der Waals surface area contributed by atoms with E-state index in [9.17, 15) is 13.2 Å². The van der Waals surface area contributed by atoms with Crippen molar-refractivity contribution in [2.75, 3.05) is 10.8 Å². The highest BCUT2D eigenvalue weighted by molar-refractivity contribution is 7.92. The Kier molecular flexibility index (Phi) is 7.54. The minimum atomic E-state index is -4.02. The molecular weight excluding hydrogens is 480 g/mol. The van der Waals surface area contributed by atoms with Gasteiger partial charge >= 0.3 is 0 Å². The smallest absolute Gasteiger partial charge is 0.264 e. The summed E-state index contributed by atoms with van der Waals surface area (Å²) in [7, 11) is -4.02. The van der Waals surface area contributed by atoms with E-state index in [1.165, 1.54) is 24.3 Å². The van der Waals surface area contributed by atoms with Gasteiger partial charge in [-0.15, -0.1) is 0 Å². The molecule has 0 spiro atoms. The van der Waals surface area contributed by atoms with Crippen LogP contribution >= 0.6 is 11.6 Å². The van der Waals surface area contributed by atoms with E-state index in [0.29, 0.717) is 10.7 Å². The molecule has 0 saturated heterocycles. The molecule has 1 atom stereocenters. The maximum Gasteiger partial charge on any atom is 0.264 e. The number of rotatable bonds is 8. The predicted molar refractivity (Wildman–Crippen MR) is 140 cm³/mol. The van der Waals surface area contributed by atoms with Crippen molar-refractivity contribution in [3.63, 3.8) is 0 Å². The topological polar surface area (TPSA) is 66.5 Å². The summed E-state index contributed by atoms with van der Waals surface area (Å²) < 4.78 is 28.2. The lowest BCUT2D eigenvalue weighted by molar-refractivity contribution is -0.120. The van der Waals surface area contributed by atoms with Gasteiger partial charge in [0.25, 0.3) is 10.0 Å². The first kappa shape index (κ1) is 24.5. The quantitative estimate of drug-likeness (QED) is 0.332. The summed E-state index contributed by atoms with van der Waals surface area (Å²) in [5.74, 6) is -0.430. The van der Waals surface area contributed by atoms with Gasteiger partial charge in [-0.25, -0.2) is 8.42 Å². The summed E-state index contributed by atoms with van der Waals surface area (Å²) in [6, 6.07) is 31.5. The number of aryl methyl sites for hydroxylation is 1. The van der Waals surface area contributed by atoms with Gasteiger partial charge in [0.1, 0.15) is 6.54 Å². The Balaban J connectivity index is 1.66. The van der Waals surface area contributed by atoms with E-state index in [2.05, 4.69) is 5.32 Å². The fourth-order valence-corrected chi connectivity index (χ4v) is 5.29. The molecule has 4 aromatic rings. The van der Waals surface area contributed by atoms with Crippen molar-refractivity contribution in [2.45, 2.75) is 17.9 Å². The van der Waals surface area contributed by atoms with Crippen molar-refractivity contribution in [3.05, 3.63) is 131 Å². The molecule has 1 N–H and O–H groups in total. The molecule has 0 aliphatic carbocycles. The molecule has 4 rings (SSSR count). The molecule has 178 valence electrons. The van der Waals surface area contributed by atoms with Crippen molar-refractivity contribution in [3.8, 4) is 0 Å². The van der Waals surface area contributed by atoms with Crippen LogP contribution in [0.15, 0.2) is 114 Å². The minimum Gasteiger partial charge on any atom is -0.344 e. The molecule has 0 aliphatic heterocycles. The number of hydrogen-bond acceptors (Lipinski definition) is 3. The van der Waals surface area contributed by atoms with Crippen LogP contribution in [-0.4, -0.2) is 20.9 Å². The predicted octanol–water partition coefficient (Wildman–Crippen LogP) is 5.75. The summed E-state index contributed by atoms with van der Waals surface area (Å²) >= 11 is 5.95. The standard InChI is InChI=1S/C28H25ClN2O3S/c1-21-12-14-23(15-13-21)28(22-8-4-2-5-9-22)30-27(32)20-31(25-10-6-3-7-11-25)35(33,34)26-18-16-24(29)17-19-26/h2-19,28H,20H2,1H3,(H,30,32)/t28-/m0/s1. The zero-order valence-electron chi connectivity index (χ0n) is 19.1. The Morgan fingerprint density at radius 3 is 1.94 bits per heavy atom. The number of benzene rings is 4. The number of halogens is 1. The number of anilines is 1. The van der Waals surface area contributed by atoms with Gasteiger partial charge in [0.15, 0.2) is 0 Å². The van der Waals surface area contributed by atoms with Crippen molar-refractivity contribution in [2.24, 2.45) is 0 Å². The fourth-order valence-electron chi connectivity index (χ4n) is 3.74. The SMILES string of the molecule is Cc1ccc([C@@H](NC(=O)CN(c2ccccc2)S(=O)(=O)c2ccc(Cl)cc2)c2ccccc2)cc1. The summed E-state index contributed by atoms with van der Waals surface area (Å²) in [6.45, 7) is 1.61. The van der Waals surface area contributed by atoms with Crippen molar-refractivity contribution in [1.29, 1.82) is 0 Å². The lowest BCUT2D eigenvalue weighted by Gasteiger charge is -2.26. The van der Waals surface area contributed by atoms with Crippen LogP contribution in [0.5, 0.6) is 0 Å². The number of para-hydroxylation sites is 1. The maximum atomic E-state index is 13.5. The summed E-state index contributed by atoms with van der Waals surface area (Å²) in [6.07, 6.45) is 0. The molecule has 7 heteroatoms. The lowest BCUT2D eigenvalue weighted by atomic mass is 9.98. The monoisotopic (exact) mass is 504 g/mol. The van der Waals surface area contributed by atoms with Gasteiger partial charge in [0, 0.05) is 5.02 Å². The van der Waals surface area contributed by atoms with Crippen molar-refractivity contribution >= 4 is 33.2 Å². The van der Waals surface area contributed by atoms with Crippen LogP contribution in [-0.2, 0) is 14.8 Å². The van der Waals surface area contributed by atoms with Crippen LogP contribution < -0.4 is 9.62 Å². The highest BCUT2D eigenvalue weighted by Crippen LogP contribution is 2.26. The van der Waals surface area contributed by atoms with Crippen LogP contribution in [0, 0.1) is 6.92 Å². The number of nitrogens with one attached hydrogen (secondary N) is 1. The number of carbonyl (C=O) groups excluding carboxylic acids is 1. The van der Waals surface area contributed by atoms with E-state index in [1.807, 2.05) is 61.5 Å². The van der Waals surface area contributed by atoms with Gasteiger partial charge < -0.3 is 5.32 Å². The molecule has 0 heterocycles. The molecule has 0 unspecified atom stereocenters. The van der Waals surface area contributed by atoms with E-state index in [0.717, 1.165) is 21.0 Å². The Morgan fingerprint density at radius 1 is 0.800 bits per heavy atom. The first-order valence-corrected chi connectivity index (χ1v) is 12.9. The number of sulfonamides is 1. The minimum absolute atomic E-state index is 0.0525. The van der Waals surface area contributed by atoms with E-state index in [-0.39, 0.29) is 11.4 Å². The van der Waals surface area contributed by atoms with Crippen molar-refractivity contribution in [1.82, 2.24) is 5.32 Å². The van der Waals surface area contributed by atoms with Gasteiger partial charge in [-0.2, -0.15) is 0 Å². The summed E-state index contributed by atoms with van der Waals surface area (Å²) in [5, 5.41) is 3.46. The molecule has 35 heavy (non-hydrogen) atoms. The van der Waals surface area contributed by atoms with Crippen molar-refractivity contribution < 1.29 is 13.2 Å². The van der Waals surface area contributed by atoms with Crippen LogP contribution in [0.3, 0.4) is 0 Å². The molecule has 5 nitrogen and oxygen atoms in total. The average Bonchev–Trinajstić information content (AvgIpc) is 2.88. The first-order valence-electron chi connectivity index (χ1n) is 11.1. The normalized spacial score (nSPS) is 12.1. The number of nitrogens with zero attached hydrogens (tertiary/aromatic N) is 1. The zero-order valence-corrected chi connectivity index (χ0v) is 20.7. The molecule has 0 aromatic heterocycles. The Bertz CT molecular complexity index is 1380. The Labute approximate surface area is 211 Å². The molecule has 0 fully saturated rings. The summed E-state index contributed by atoms with van der Waals surface area (Å²) in [5.41, 5.74) is 3.30. The highest BCUT2D eigenvalue weighted by Gasteiger charge is 2.28. The second kappa shape index (κ2) is 10.8. The first-order chi connectivity index (χ1) is 16.8. The molecule has 0 saturated carbocycles. The summed E-state index contributed by atoms with van der Waals surface area (Å²) in [4.78, 5) is 13.4. The van der Waals surface area contributed by atoms with Crippen LogP contribution in [0.2, 0.25) is 5.02 Å². The van der Waals surface area contributed by atoms with E-state index in [4.69, 9.17) is 11.6 Å². The third kappa shape index (κ3) is 5.91. The van der Waals surface area contributed by atoms with E-state index in [1.54, 1.807) is 30.3 Å². The largest absolute Gasteiger partial charge is 0.344 e. The fraction of sp³-hybridized carbons (Fsp3) is 0.107. The van der Waals surface area contributed by atoms with Gasteiger partial charge in [-0.05, 0) is 54.4 Å². The zero-order chi connectivity index (χ0) is 24.8. The van der Waals surface area contributed by atoms with Gasteiger partial charge in [0.2, 0.25) is 5.91 Å². The molecular formula is C28H25ClN2O3S. The van der Waals surface area contributed by atoms with E-state index >= 15 is 0 Å². The van der Waals surface area contributed by atoms with Crippen LogP contribution in [0.25, 0.3) is 0 Å².